The fourth-order valence-corrected chi connectivity index (χ4v) is 1.16. The van der Waals surface area contributed by atoms with E-state index in [1.165, 1.54) is 0 Å². The second-order valence-electron chi connectivity index (χ2n) is 2.46. The first-order valence-corrected chi connectivity index (χ1v) is 3.86. The predicted molar refractivity (Wildman–Crippen MR) is 46.9 cm³/mol. The van der Waals surface area contributed by atoms with Crippen LogP contribution in [-0.4, -0.2) is 7.11 Å². The van der Waals surface area contributed by atoms with E-state index in [9.17, 15) is 0 Å². The molecule has 1 nitrogen and oxygen atoms in total. The largest absolute Gasteiger partial charge is 0.380 e. The lowest BCUT2D eigenvalue weighted by Gasteiger charge is -2.04. The maximum Gasteiger partial charge on any atom is 0.0716 e. The summed E-state index contributed by atoms with van der Waals surface area (Å²) in [6.45, 7) is 2.63. The predicted octanol–water partition coefficient (Wildman–Crippen LogP) is 2.79. The molecule has 11 heavy (non-hydrogen) atoms. The molecule has 0 radical (unpaired) electrons. The van der Waals surface area contributed by atoms with Gasteiger partial charge in [0.05, 0.1) is 6.61 Å². The molecule has 0 unspecified atom stereocenters. The molecular weight excluding hydrogens is 160 g/mol. The van der Waals surface area contributed by atoms with E-state index in [2.05, 4.69) is 0 Å². The highest BCUT2D eigenvalue weighted by Crippen LogP contribution is 2.18. The average Bonchev–Trinajstić information content (AvgIpc) is 1.99. The lowest BCUT2D eigenvalue weighted by Crippen LogP contribution is -1.91. The van der Waals surface area contributed by atoms with Crippen molar-refractivity contribution in [2.45, 2.75) is 13.5 Å². The minimum absolute atomic E-state index is 0.631. The zero-order chi connectivity index (χ0) is 8.27. The highest BCUT2D eigenvalue weighted by Gasteiger charge is 1.99. The second kappa shape index (κ2) is 3.74. The van der Waals surface area contributed by atoms with Crippen molar-refractivity contribution in [2.24, 2.45) is 0 Å². The van der Waals surface area contributed by atoms with E-state index >= 15 is 0 Å². The third-order valence-corrected chi connectivity index (χ3v) is 2.09. The summed E-state index contributed by atoms with van der Waals surface area (Å²) in [7, 11) is 1.68. The maximum absolute atomic E-state index is 5.89. The highest BCUT2D eigenvalue weighted by atomic mass is 35.5. The van der Waals surface area contributed by atoms with Crippen molar-refractivity contribution < 1.29 is 4.74 Å². The number of rotatable bonds is 2. The van der Waals surface area contributed by atoms with Gasteiger partial charge in [-0.1, -0.05) is 23.7 Å². The first kappa shape index (κ1) is 8.57. The Kier molecular flexibility index (Phi) is 2.92. The van der Waals surface area contributed by atoms with Crippen LogP contribution in [0.25, 0.3) is 0 Å². The fraction of sp³-hybridized carbons (Fsp3) is 0.333. The minimum atomic E-state index is 0.631. The monoisotopic (exact) mass is 170 g/mol. The molecule has 0 amide bonds. The highest BCUT2D eigenvalue weighted by molar-refractivity contribution is 6.31. The first-order chi connectivity index (χ1) is 5.25. The first-order valence-electron chi connectivity index (χ1n) is 3.48. The molecule has 0 aromatic heterocycles. The Hall–Kier alpha value is -0.530. The Balaban J connectivity index is 2.96. The molecule has 60 valence electrons. The van der Waals surface area contributed by atoms with E-state index < -0.39 is 0 Å². The van der Waals surface area contributed by atoms with Gasteiger partial charge in [-0.15, -0.1) is 0 Å². The van der Waals surface area contributed by atoms with Crippen molar-refractivity contribution in [1.82, 2.24) is 0 Å². The number of halogens is 1. The van der Waals surface area contributed by atoms with Gasteiger partial charge in [0.25, 0.3) is 0 Å². The van der Waals surface area contributed by atoms with E-state index in [0.29, 0.717) is 6.61 Å². The van der Waals surface area contributed by atoms with Crippen molar-refractivity contribution in [1.29, 1.82) is 0 Å². The molecule has 1 rings (SSSR count). The number of ether oxygens (including phenoxy) is 1. The van der Waals surface area contributed by atoms with Crippen molar-refractivity contribution >= 4 is 11.6 Å². The summed E-state index contributed by atoms with van der Waals surface area (Å²) in [6.07, 6.45) is 0. The topological polar surface area (TPSA) is 9.23 Å². The van der Waals surface area contributed by atoms with Crippen LogP contribution in [0.2, 0.25) is 5.02 Å². The summed E-state index contributed by atoms with van der Waals surface area (Å²) in [6, 6.07) is 5.84. The minimum Gasteiger partial charge on any atom is -0.380 e. The van der Waals surface area contributed by atoms with Crippen LogP contribution in [0.15, 0.2) is 18.2 Å². The van der Waals surface area contributed by atoms with E-state index in [1.54, 1.807) is 7.11 Å². The molecular formula is C9H11ClO. The van der Waals surface area contributed by atoms with Gasteiger partial charge >= 0.3 is 0 Å². The van der Waals surface area contributed by atoms with Crippen molar-refractivity contribution in [3.05, 3.63) is 34.3 Å². The second-order valence-corrected chi connectivity index (χ2v) is 2.86. The van der Waals surface area contributed by atoms with Crippen molar-refractivity contribution in [2.75, 3.05) is 7.11 Å². The normalized spacial score (nSPS) is 10.1. The molecule has 0 bridgehead atoms. The Morgan fingerprint density at radius 2 is 2.18 bits per heavy atom. The molecule has 0 saturated carbocycles. The van der Waals surface area contributed by atoms with Gasteiger partial charge in [-0.25, -0.2) is 0 Å². The lowest BCUT2D eigenvalue weighted by molar-refractivity contribution is 0.184. The zero-order valence-corrected chi connectivity index (χ0v) is 7.48. The SMILES string of the molecule is COCc1cccc(Cl)c1C. The Morgan fingerprint density at radius 3 is 2.82 bits per heavy atom. The Labute approximate surface area is 71.9 Å². The molecule has 0 aliphatic heterocycles. The third kappa shape index (κ3) is 1.95. The van der Waals surface area contributed by atoms with Crippen LogP contribution < -0.4 is 0 Å². The molecule has 0 aliphatic carbocycles. The van der Waals surface area contributed by atoms with Crippen LogP contribution in [0.4, 0.5) is 0 Å². The van der Waals surface area contributed by atoms with Gasteiger partial charge in [-0.3, -0.25) is 0 Å². The summed E-state index contributed by atoms with van der Waals surface area (Å²) in [4.78, 5) is 0. The van der Waals surface area contributed by atoms with E-state index in [-0.39, 0.29) is 0 Å². The van der Waals surface area contributed by atoms with Crippen LogP contribution in [-0.2, 0) is 11.3 Å². The van der Waals surface area contributed by atoms with Gasteiger partial charge in [0, 0.05) is 12.1 Å². The van der Waals surface area contributed by atoms with Crippen LogP contribution >= 0.6 is 11.6 Å². The van der Waals surface area contributed by atoms with Crippen LogP contribution in [0.1, 0.15) is 11.1 Å². The molecule has 0 aliphatic rings. The van der Waals surface area contributed by atoms with Crippen LogP contribution in [0.5, 0.6) is 0 Å². The molecule has 0 atom stereocenters. The Morgan fingerprint density at radius 1 is 1.45 bits per heavy atom. The summed E-state index contributed by atoms with van der Waals surface area (Å²) in [5, 5.41) is 0.805. The van der Waals surface area contributed by atoms with Gasteiger partial charge in [0.2, 0.25) is 0 Å². The molecule has 1 aromatic rings. The van der Waals surface area contributed by atoms with Crippen LogP contribution in [0.3, 0.4) is 0 Å². The van der Waals surface area contributed by atoms with Gasteiger partial charge < -0.3 is 4.74 Å². The molecule has 2 heteroatoms. The summed E-state index contributed by atoms with van der Waals surface area (Å²) < 4.78 is 5.01. The van der Waals surface area contributed by atoms with Gasteiger partial charge in [-0.05, 0) is 24.1 Å². The molecule has 0 saturated heterocycles. The maximum atomic E-state index is 5.89. The molecule has 0 N–H and O–H groups in total. The number of benzene rings is 1. The standard InChI is InChI=1S/C9H11ClO/c1-7-8(6-11-2)4-3-5-9(7)10/h3-5H,6H2,1-2H3. The lowest BCUT2D eigenvalue weighted by atomic mass is 10.1. The smallest absolute Gasteiger partial charge is 0.0716 e. The molecule has 0 heterocycles. The van der Waals surface area contributed by atoms with E-state index in [0.717, 1.165) is 16.1 Å². The average molecular weight is 171 g/mol. The van der Waals surface area contributed by atoms with Crippen LogP contribution in [0, 0.1) is 6.92 Å². The molecule has 0 fully saturated rings. The quantitative estimate of drug-likeness (QED) is 0.663. The number of hydrogen-bond donors (Lipinski definition) is 0. The summed E-state index contributed by atoms with van der Waals surface area (Å²) in [5.41, 5.74) is 2.26. The zero-order valence-electron chi connectivity index (χ0n) is 6.73. The van der Waals surface area contributed by atoms with E-state index in [4.69, 9.17) is 16.3 Å². The fourth-order valence-electron chi connectivity index (χ4n) is 0.964. The van der Waals surface area contributed by atoms with Gasteiger partial charge in [-0.2, -0.15) is 0 Å². The molecule has 0 spiro atoms. The Bertz CT molecular complexity index is 245. The summed E-state index contributed by atoms with van der Waals surface area (Å²) in [5.74, 6) is 0. The van der Waals surface area contributed by atoms with Crippen molar-refractivity contribution in [3.63, 3.8) is 0 Å². The molecule has 1 aromatic carbocycles. The van der Waals surface area contributed by atoms with E-state index in [1.807, 2.05) is 25.1 Å². The van der Waals surface area contributed by atoms with Gasteiger partial charge in [0.1, 0.15) is 0 Å². The van der Waals surface area contributed by atoms with Crippen molar-refractivity contribution in [3.8, 4) is 0 Å². The number of hydrogen-bond acceptors (Lipinski definition) is 1. The third-order valence-electron chi connectivity index (χ3n) is 1.68. The van der Waals surface area contributed by atoms with Gasteiger partial charge in [0.15, 0.2) is 0 Å². The summed E-state index contributed by atoms with van der Waals surface area (Å²) >= 11 is 5.89. The number of methoxy groups -OCH3 is 1.